The number of fused-ring (bicyclic) bond motifs is 3. The summed E-state index contributed by atoms with van der Waals surface area (Å²) in [6, 6.07) is 8.37. The first-order valence-electron chi connectivity index (χ1n) is 17.7. The number of aromatic nitrogens is 2. The van der Waals surface area contributed by atoms with E-state index in [1.54, 1.807) is 12.1 Å². The van der Waals surface area contributed by atoms with Gasteiger partial charge in [0, 0.05) is 30.3 Å². The quantitative estimate of drug-likeness (QED) is 0.274. The van der Waals surface area contributed by atoms with Crippen LogP contribution in [0.25, 0.3) is 27.7 Å². The number of halogens is 2. The van der Waals surface area contributed by atoms with E-state index in [0.717, 1.165) is 51.6 Å². The van der Waals surface area contributed by atoms with Gasteiger partial charge in [-0.3, -0.25) is 9.89 Å². The molecule has 4 aliphatic rings. The van der Waals surface area contributed by atoms with Crippen molar-refractivity contribution in [3.63, 3.8) is 0 Å². The number of hydrogen-bond donors (Lipinski definition) is 1. The molecule has 3 fully saturated rings. The molecule has 0 amide bonds. The first-order valence-corrected chi connectivity index (χ1v) is 17.7. The highest BCUT2D eigenvalue weighted by atomic mass is 19.1. The number of phenols is 1. The van der Waals surface area contributed by atoms with Crippen molar-refractivity contribution in [1.29, 1.82) is 5.26 Å². The van der Waals surface area contributed by atoms with Crippen molar-refractivity contribution in [2.45, 2.75) is 84.2 Å². The number of allylic oxidation sites excluding steroid dienone is 3. The van der Waals surface area contributed by atoms with Gasteiger partial charge in [-0.25, -0.2) is 8.78 Å². The van der Waals surface area contributed by atoms with Gasteiger partial charge in [0.25, 0.3) is 0 Å². The Hall–Kier alpha value is -4.36. The van der Waals surface area contributed by atoms with E-state index in [2.05, 4.69) is 15.9 Å². The molecule has 3 saturated heterocycles. The van der Waals surface area contributed by atoms with Crippen LogP contribution in [0.2, 0.25) is 0 Å². The van der Waals surface area contributed by atoms with Crippen LogP contribution < -0.4 is 9.64 Å². The van der Waals surface area contributed by atoms with E-state index in [4.69, 9.17) is 19.7 Å². The molecular weight excluding hydrogens is 622 g/mol. The zero-order valence-corrected chi connectivity index (χ0v) is 28.8. The summed E-state index contributed by atoms with van der Waals surface area (Å²) < 4.78 is 39.5. The number of aliphatic imine (C=N–C) groups is 1. The number of piperidine rings is 1. The molecule has 7 rings (SSSR count). The van der Waals surface area contributed by atoms with Gasteiger partial charge >= 0.3 is 6.01 Å². The Balaban J connectivity index is 1.49. The van der Waals surface area contributed by atoms with Crippen LogP contribution in [0.1, 0.15) is 88.6 Å². The molecule has 8 nitrogen and oxygen atoms in total. The van der Waals surface area contributed by atoms with Crippen LogP contribution in [-0.4, -0.2) is 70.1 Å². The largest absolute Gasteiger partial charge is 0.508 e. The van der Waals surface area contributed by atoms with Crippen LogP contribution in [0.3, 0.4) is 0 Å². The lowest BCUT2D eigenvalue weighted by atomic mass is 9.81. The fraction of sp³-hybridized carbons (Fsp3) is 0.487. The highest BCUT2D eigenvalue weighted by Crippen LogP contribution is 2.48. The summed E-state index contributed by atoms with van der Waals surface area (Å²) in [5, 5.41) is 21.9. The van der Waals surface area contributed by atoms with Gasteiger partial charge in [-0.1, -0.05) is 19.1 Å². The number of rotatable bonds is 7. The summed E-state index contributed by atoms with van der Waals surface area (Å²) in [6.07, 6.45) is 8.17. The van der Waals surface area contributed by atoms with Crippen LogP contribution in [0.15, 0.2) is 35.3 Å². The first kappa shape index (κ1) is 33.2. The monoisotopic (exact) mass is 666 g/mol. The highest BCUT2D eigenvalue weighted by Gasteiger charge is 2.45. The second-order valence-electron chi connectivity index (χ2n) is 14.1. The van der Waals surface area contributed by atoms with Crippen molar-refractivity contribution in [1.82, 2.24) is 14.9 Å². The number of anilines is 1. The zero-order valence-electron chi connectivity index (χ0n) is 28.8. The van der Waals surface area contributed by atoms with Crippen LogP contribution >= 0.6 is 0 Å². The molecule has 1 aromatic heterocycles. The van der Waals surface area contributed by atoms with Gasteiger partial charge < -0.3 is 14.7 Å². The number of aromatic hydroxyl groups is 1. The Bertz CT molecular complexity index is 1930. The lowest BCUT2D eigenvalue weighted by Gasteiger charge is -2.35. The van der Waals surface area contributed by atoms with E-state index >= 15 is 8.78 Å². The van der Waals surface area contributed by atoms with Gasteiger partial charge in [0.05, 0.1) is 28.8 Å². The summed E-state index contributed by atoms with van der Waals surface area (Å²) in [5.41, 5.74) is 2.47. The second-order valence-corrected chi connectivity index (χ2v) is 14.1. The maximum atomic E-state index is 17.7. The summed E-state index contributed by atoms with van der Waals surface area (Å²) in [4.78, 5) is 19.3. The van der Waals surface area contributed by atoms with Crippen molar-refractivity contribution >= 4 is 39.3 Å². The Morgan fingerprint density at radius 1 is 1.14 bits per heavy atom. The zero-order chi connectivity index (χ0) is 34.4. The van der Waals surface area contributed by atoms with Gasteiger partial charge in [-0.05, 0) is 119 Å². The molecule has 2 aromatic carbocycles. The van der Waals surface area contributed by atoms with E-state index < -0.39 is 11.6 Å². The maximum absolute atomic E-state index is 17.7. The van der Waals surface area contributed by atoms with Crippen LogP contribution in [0, 0.1) is 23.1 Å². The number of nitrogens with zero attached hydrogens (tertiary/aromatic N) is 6. The van der Waals surface area contributed by atoms with Gasteiger partial charge in [0.15, 0.2) is 5.83 Å². The van der Waals surface area contributed by atoms with E-state index in [9.17, 15) is 10.4 Å². The summed E-state index contributed by atoms with van der Waals surface area (Å²) in [6.45, 7) is 11.2. The van der Waals surface area contributed by atoms with Gasteiger partial charge in [0.1, 0.15) is 29.7 Å². The van der Waals surface area contributed by atoms with Gasteiger partial charge in [-0.15, -0.1) is 0 Å². The first-order chi connectivity index (χ1) is 23.7. The SMILES string of the molecule is C/C=C1\C(=NC(C)C)C(c2cc(O)cc3ccc(F)c(CC)c23)=C(F)c2nc(OCC34CCCN3CCC4)nc(N3CCCC(C#N)C3)c21. The molecule has 49 heavy (non-hydrogen) atoms. The minimum Gasteiger partial charge on any atom is -0.508 e. The third-order valence-electron chi connectivity index (χ3n) is 10.7. The van der Waals surface area contributed by atoms with Crippen molar-refractivity contribution < 1.29 is 18.6 Å². The molecule has 1 aliphatic carbocycles. The molecule has 0 saturated carbocycles. The molecular formula is C39H44F2N6O2. The molecule has 3 aliphatic heterocycles. The van der Waals surface area contributed by atoms with Crippen molar-refractivity contribution in [2.75, 3.05) is 37.7 Å². The average Bonchev–Trinajstić information content (AvgIpc) is 3.68. The average molecular weight is 667 g/mol. The van der Waals surface area contributed by atoms with Crippen molar-refractivity contribution in [3.8, 4) is 17.8 Å². The molecule has 1 atom stereocenters. The normalized spacial score (nSPS) is 22.3. The molecule has 0 radical (unpaired) electrons. The smallest absolute Gasteiger partial charge is 0.319 e. The molecule has 1 N–H and O–H groups in total. The molecule has 0 bridgehead atoms. The topological polar surface area (TPSA) is 97.9 Å². The number of ether oxygens (including phenoxy) is 1. The highest BCUT2D eigenvalue weighted by molar-refractivity contribution is 6.51. The molecule has 10 heteroatoms. The number of phenolic OH excluding ortho intramolecular Hbond substituents is 1. The van der Waals surface area contributed by atoms with Gasteiger partial charge in [-0.2, -0.15) is 15.2 Å². The van der Waals surface area contributed by atoms with E-state index in [1.807, 2.05) is 33.8 Å². The third-order valence-corrected chi connectivity index (χ3v) is 10.7. The molecule has 4 heterocycles. The van der Waals surface area contributed by atoms with E-state index in [0.29, 0.717) is 70.7 Å². The van der Waals surface area contributed by atoms with Crippen LogP contribution in [0.4, 0.5) is 14.6 Å². The summed E-state index contributed by atoms with van der Waals surface area (Å²) in [7, 11) is 0. The Kier molecular flexibility index (Phi) is 8.91. The van der Waals surface area contributed by atoms with E-state index in [1.165, 1.54) is 12.1 Å². The van der Waals surface area contributed by atoms with Crippen LogP contribution in [0.5, 0.6) is 11.8 Å². The van der Waals surface area contributed by atoms with E-state index in [-0.39, 0.29) is 40.5 Å². The van der Waals surface area contributed by atoms with Crippen molar-refractivity contribution in [3.05, 3.63) is 58.5 Å². The predicted octanol–water partition coefficient (Wildman–Crippen LogP) is 7.89. The summed E-state index contributed by atoms with van der Waals surface area (Å²) >= 11 is 0. The fourth-order valence-electron chi connectivity index (χ4n) is 8.50. The molecule has 0 spiro atoms. The number of benzene rings is 2. The minimum atomic E-state index is -0.637. The lowest BCUT2D eigenvalue weighted by molar-refractivity contribution is 0.107. The minimum absolute atomic E-state index is 0.0617. The number of aryl methyl sites for hydroxylation is 1. The van der Waals surface area contributed by atoms with Crippen molar-refractivity contribution in [2.24, 2.45) is 10.9 Å². The Labute approximate surface area is 286 Å². The molecule has 1 unspecified atom stereocenters. The Morgan fingerprint density at radius 3 is 2.61 bits per heavy atom. The fourth-order valence-corrected chi connectivity index (χ4v) is 8.50. The number of hydrogen-bond acceptors (Lipinski definition) is 8. The summed E-state index contributed by atoms with van der Waals surface area (Å²) in [5.74, 6) is -0.758. The molecule has 256 valence electrons. The van der Waals surface area contributed by atoms with Gasteiger partial charge in [0.2, 0.25) is 0 Å². The second kappa shape index (κ2) is 13.2. The van der Waals surface area contributed by atoms with Crippen LogP contribution in [-0.2, 0) is 6.42 Å². The lowest BCUT2D eigenvalue weighted by Crippen LogP contribution is -2.43. The molecule has 3 aromatic rings. The number of nitriles is 1. The predicted molar refractivity (Wildman–Crippen MR) is 190 cm³/mol. The Morgan fingerprint density at radius 2 is 1.92 bits per heavy atom. The standard InChI is InChI=1S/C39H44F2N6O2/c1-5-27-30(40)12-11-25-18-26(48)19-29(31(25)27)32-34(41)36-33(28(6-2)35(32)43-23(3)4)37(46-15-7-10-24(20-42)21-46)45-38(44-36)49-22-39-13-8-16-47(39)17-9-14-39/h6,11-12,18-19,23-24,48H,5,7-10,13-17,21-22H2,1-4H3/b28-6-,43-35?. The maximum Gasteiger partial charge on any atom is 0.319 e. The third kappa shape index (κ3) is 5.76.